The van der Waals surface area contributed by atoms with Gasteiger partial charge < -0.3 is 10.6 Å². The molecule has 1 aromatic carbocycles. The van der Waals surface area contributed by atoms with Gasteiger partial charge in [-0.05, 0) is 19.1 Å². The number of nitrogens with zero attached hydrogens (tertiary/aromatic N) is 1. The number of hydrogen-bond acceptors (Lipinski definition) is 4. The molecule has 0 bridgehead atoms. The van der Waals surface area contributed by atoms with Gasteiger partial charge in [0.1, 0.15) is 16.9 Å². The molecule has 0 saturated carbocycles. The molecule has 112 valence electrons. The molecule has 1 aliphatic rings. The summed E-state index contributed by atoms with van der Waals surface area (Å²) in [6.45, 7) is 2.36. The summed E-state index contributed by atoms with van der Waals surface area (Å²) in [6, 6.07) is 2.86. The molecule has 1 heterocycles. The number of amidine groups is 1. The van der Waals surface area contributed by atoms with Crippen LogP contribution in [0.4, 0.5) is 14.5 Å². The predicted molar refractivity (Wildman–Crippen MR) is 77.1 cm³/mol. The highest BCUT2D eigenvalue weighted by Crippen LogP contribution is 2.23. The number of aliphatic imine (C=N–C) groups is 1. The fraction of sp³-hybridized carbons (Fsp3) is 0.308. The summed E-state index contributed by atoms with van der Waals surface area (Å²) in [5.41, 5.74) is -0.118. The lowest BCUT2D eigenvalue weighted by molar-refractivity contribution is -0.122. The molecule has 1 atom stereocenters. The van der Waals surface area contributed by atoms with E-state index in [0.717, 1.165) is 23.9 Å². The summed E-state index contributed by atoms with van der Waals surface area (Å²) in [4.78, 5) is 27.5. The van der Waals surface area contributed by atoms with E-state index in [9.17, 15) is 18.4 Å². The average molecular weight is 313 g/mol. The van der Waals surface area contributed by atoms with Crippen LogP contribution in [0.15, 0.2) is 23.2 Å². The highest BCUT2D eigenvalue weighted by Gasteiger charge is 2.31. The molecule has 0 aliphatic carbocycles. The van der Waals surface area contributed by atoms with Crippen LogP contribution in [0.2, 0.25) is 0 Å². The van der Waals surface area contributed by atoms with Crippen molar-refractivity contribution in [3.63, 3.8) is 0 Å². The molecule has 0 unspecified atom stereocenters. The Labute approximate surface area is 124 Å². The number of amides is 2. The Morgan fingerprint density at radius 2 is 2.24 bits per heavy atom. The molecule has 1 aliphatic heterocycles. The van der Waals surface area contributed by atoms with Gasteiger partial charge in [-0.3, -0.25) is 14.6 Å². The Morgan fingerprint density at radius 3 is 2.90 bits per heavy atom. The zero-order valence-corrected chi connectivity index (χ0v) is 12.0. The minimum absolute atomic E-state index is 0.115. The first kappa shape index (κ1) is 15.4. The largest absolute Gasteiger partial charge is 0.324 e. The van der Waals surface area contributed by atoms with Crippen molar-refractivity contribution in [2.24, 2.45) is 4.99 Å². The predicted octanol–water partition coefficient (Wildman–Crippen LogP) is 1.90. The van der Waals surface area contributed by atoms with Crippen LogP contribution in [0, 0.1) is 11.6 Å². The molecule has 0 radical (unpaired) electrons. The van der Waals surface area contributed by atoms with Crippen molar-refractivity contribution in [2.75, 3.05) is 11.9 Å². The summed E-state index contributed by atoms with van der Waals surface area (Å²) < 4.78 is 26.2. The van der Waals surface area contributed by atoms with Gasteiger partial charge >= 0.3 is 0 Å². The zero-order chi connectivity index (χ0) is 15.4. The van der Waals surface area contributed by atoms with Crippen LogP contribution >= 0.6 is 11.8 Å². The fourth-order valence-electron chi connectivity index (χ4n) is 1.72. The van der Waals surface area contributed by atoms with Crippen LogP contribution in [0.3, 0.4) is 0 Å². The highest BCUT2D eigenvalue weighted by atomic mass is 32.2. The SMILES string of the molecule is CCN=C1NC(=O)[C@H](CC(=O)Nc2ccc(F)cc2F)S1. The van der Waals surface area contributed by atoms with Crippen LogP contribution in [-0.2, 0) is 9.59 Å². The lowest BCUT2D eigenvalue weighted by Gasteiger charge is -2.08. The van der Waals surface area contributed by atoms with Crippen molar-refractivity contribution in [3.8, 4) is 0 Å². The van der Waals surface area contributed by atoms with Crippen molar-refractivity contribution in [2.45, 2.75) is 18.6 Å². The molecule has 1 fully saturated rings. The standard InChI is InChI=1S/C13H13F2N3O2S/c1-2-16-13-18-12(20)10(21-13)6-11(19)17-9-4-3-7(14)5-8(9)15/h3-5,10H,2,6H2,1H3,(H,17,19)(H,16,18,20)/t10-/m0/s1. The first-order chi connectivity index (χ1) is 9.99. The van der Waals surface area contributed by atoms with E-state index in [2.05, 4.69) is 15.6 Å². The molecule has 2 rings (SSSR count). The van der Waals surface area contributed by atoms with E-state index in [1.54, 1.807) is 0 Å². The van der Waals surface area contributed by atoms with Gasteiger partial charge in [-0.25, -0.2) is 8.78 Å². The summed E-state index contributed by atoms with van der Waals surface area (Å²) in [6.07, 6.45) is -0.115. The number of carbonyl (C=O) groups excluding carboxylic acids is 2. The van der Waals surface area contributed by atoms with Gasteiger partial charge in [-0.1, -0.05) is 11.8 Å². The number of hydrogen-bond donors (Lipinski definition) is 2. The third-order valence-corrected chi connectivity index (χ3v) is 3.77. The molecule has 21 heavy (non-hydrogen) atoms. The highest BCUT2D eigenvalue weighted by molar-refractivity contribution is 8.15. The van der Waals surface area contributed by atoms with E-state index in [-0.39, 0.29) is 18.0 Å². The maximum absolute atomic E-state index is 13.4. The molecule has 0 aromatic heterocycles. The maximum atomic E-state index is 13.4. The number of thioether (sulfide) groups is 1. The van der Waals surface area contributed by atoms with E-state index >= 15 is 0 Å². The van der Waals surface area contributed by atoms with Crippen LogP contribution in [-0.4, -0.2) is 28.8 Å². The Balaban J connectivity index is 1.96. The zero-order valence-electron chi connectivity index (χ0n) is 11.2. The molecular weight excluding hydrogens is 300 g/mol. The lowest BCUT2D eigenvalue weighted by atomic mass is 10.2. The number of benzene rings is 1. The summed E-state index contributed by atoms with van der Waals surface area (Å²) in [5, 5.41) is 4.76. The van der Waals surface area contributed by atoms with E-state index in [1.165, 1.54) is 0 Å². The number of halogens is 2. The van der Waals surface area contributed by atoms with Crippen LogP contribution in [0.1, 0.15) is 13.3 Å². The molecule has 0 spiro atoms. The van der Waals surface area contributed by atoms with Gasteiger partial charge in [-0.2, -0.15) is 0 Å². The lowest BCUT2D eigenvalue weighted by Crippen LogP contribution is -2.28. The Morgan fingerprint density at radius 1 is 1.48 bits per heavy atom. The van der Waals surface area contributed by atoms with Crippen LogP contribution in [0.25, 0.3) is 0 Å². The van der Waals surface area contributed by atoms with Crippen molar-refractivity contribution >= 4 is 34.4 Å². The normalized spacial score (nSPS) is 19.7. The monoisotopic (exact) mass is 313 g/mol. The number of rotatable bonds is 4. The van der Waals surface area contributed by atoms with Gasteiger partial charge in [0.2, 0.25) is 11.8 Å². The van der Waals surface area contributed by atoms with E-state index in [4.69, 9.17) is 0 Å². The van der Waals surface area contributed by atoms with E-state index in [1.807, 2.05) is 6.92 Å². The van der Waals surface area contributed by atoms with Crippen molar-refractivity contribution in [3.05, 3.63) is 29.8 Å². The minimum Gasteiger partial charge on any atom is -0.324 e. The molecule has 1 aromatic rings. The average Bonchev–Trinajstić information content (AvgIpc) is 2.74. The van der Waals surface area contributed by atoms with Crippen molar-refractivity contribution < 1.29 is 18.4 Å². The minimum atomic E-state index is -0.861. The van der Waals surface area contributed by atoms with E-state index < -0.39 is 22.8 Å². The second-order valence-corrected chi connectivity index (χ2v) is 5.44. The number of carbonyl (C=O) groups is 2. The molecular formula is C13H13F2N3O2S. The smallest absolute Gasteiger partial charge is 0.240 e. The van der Waals surface area contributed by atoms with E-state index in [0.29, 0.717) is 17.8 Å². The second-order valence-electron chi connectivity index (χ2n) is 4.25. The van der Waals surface area contributed by atoms with Crippen molar-refractivity contribution in [1.29, 1.82) is 0 Å². The third kappa shape index (κ3) is 4.01. The summed E-state index contributed by atoms with van der Waals surface area (Å²) in [5.74, 6) is -2.41. The van der Waals surface area contributed by atoms with Gasteiger partial charge in [0.05, 0.1) is 5.69 Å². The molecule has 8 heteroatoms. The Kier molecular flexibility index (Phi) is 4.89. The van der Waals surface area contributed by atoms with Gasteiger partial charge in [0.15, 0.2) is 5.17 Å². The van der Waals surface area contributed by atoms with Crippen LogP contribution in [0.5, 0.6) is 0 Å². The third-order valence-electron chi connectivity index (χ3n) is 2.65. The Bertz CT molecular complexity index is 607. The number of anilines is 1. The summed E-state index contributed by atoms with van der Waals surface area (Å²) >= 11 is 1.16. The van der Waals surface area contributed by atoms with Gasteiger partial charge in [-0.15, -0.1) is 0 Å². The first-order valence-electron chi connectivity index (χ1n) is 6.26. The van der Waals surface area contributed by atoms with Crippen molar-refractivity contribution in [1.82, 2.24) is 5.32 Å². The van der Waals surface area contributed by atoms with Crippen LogP contribution < -0.4 is 10.6 Å². The summed E-state index contributed by atoms with van der Waals surface area (Å²) in [7, 11) is 0. The second kappa shape index (κ2) is 6.66. The fourth-order valence-corrected chi connectivity index (χ4v) is 2.75. The maximum Gasteiger partial charge on any atom is 0.240 e. The Hall–Kier alpha value is -1.96. The molecule has 1 saturated heterocycles. The first-order valence-corrected chi connectivity index (χ1v) is 7.14. The van der Waals surface area contributed by atoms with Gasteiger partial charge in [0, 0.05) is 19.0 Å². The molecule has 5 nitrogen and oxygen atoms in total. The quantitative estimate of drug-likeness (QED) is 0.892. The van der Waals surface area contributed by atoms with Gasteiger partial charge in [0.25, 0.3) is 0 Å². The molecule has 2 amide bonds. The number of nitrogens with one attached hydrogen (secondary N) is 2. The molecule has 2 N–H and O–H groups in total. The topological polar surface area (TPSA) is 70.6 Å².